The van der Waals surface area contributed by atoms with E-state index in [-0.39, 0.29) is 17.6 Å². The third-order valence-corrected chi connectivity index (χ3v) is 4.02. The van der Waals surface area contributed by atoms with Crippen LogP contribution < -0.4 is 16.0 Å². The number of allylic oxidation sites excluding steroid dienone is 1. The lowest BCUT2D eigenvalue weighted by molar-refractivity contribution is -0.113. The van der Waals surface area contributed by atoms with Gasteiger partial charge in [-0.15, -0.1) is 0 Å². The molecule has 2 aromatic rings. The van der Waals surface area contributed by atoms with E-state index in [2.05, 4.69) is 20.7 Å². The van der Waals surface area contributed by atoms with Crippen molar-refractivity contribution in [3.63, 3.8) is 0 Å². The van der Waals surface area contributed by atoms with E-state index >= 15 is 0 Å². The van der Waals surface area contributed by atoms with Gasteiger partial charge in [-0.2, -0.15) is 0 Å². The molecule has 0 aliphatic carbocycles. The Morgan fingerprint density at radius 1 is 1.08 bits per heavy atom. The molecule has 128 valence electrons. The van der Waals surface area contributed by atoms with Gasteiger partial charge < -0.3 is 15.4 Å². The molecule has 0 saturated carbocycles. The summed E-state index contributed by atoms with van der Waals surface area (Å²) in [7, 11) is 1.27. The largest absolute Gasteiger partial charge is 0.453 e. The van der Waals surface area contributed by atoms with Crippen LogP contribution >= 0.6 is 0 Å². The highest BCUT2D eigenvalue weighted by Gasteiger charge is 2.27. The fourth-order valence-corrected chi connectivity index (χ4v) is 2.79. The van der Waals surface area contributed by atoms with Gasteiger partial charge in [0.15, 0.2) is 0 Å². The topological polar surface area (TPSA) is 79.5 Å². The summed E-state index contributed by atoms with van der Waals surface area (Å²) < 4.78 is 4.61. The zero-order chi connectivity index (χ0) is 17.8. The normalized spacial score (nSPS) is 18.2. The summed E-state index contributed by atoms with van der Waals surface area (Å²) in [6, 6.07) is 17.2. The number of methoxy groups -OCH3 is 1. The molecule has 0 spiro atoms. The lowest BCUT2D eigenvalue weighted by Crippen LogP contribution is -2.32. The summed E-state index contributed by atoms with van der Waals surface area (Å²) in [6.07, 6.45) is -0.627. The SMILES string of the molecule is COC(=O)N/C(C)=C1\NC(c2ccccc2)c2ccccc2NC1=O. The molecule has 6 nitrogen and oxygen atoms in total. The van der Waals surface area contributed by atoms with Crippen molar-refractivity contribution in [2.24, 2.45) is 0 Å². The Kier molecular flexibility index (Phi) is 4.70. The number of alkyl carbamates (subject to hydrolysis) is 1. The Balaban J connectivity index is 2.07. The number of para-hydroxylation sites is 1. The maximum Gasteiger partial charge on any atom is 0.411 e. The van der Waals surface area contributed by atoms with Crippen molar-refractivity contribution < 1.29 is 14.3 Å². The summed E-state index contributed by atoms with van der Waals surface area (Å²) in [4.78, 5) is 24.1. The fourth-order valence-electron chi connectivity index (χ4n) is 2.79. The zero-order valence-corrected chi connectivity index (χ0v) is 14.0. The number of ether oxygens (including phenoxy) is 1. The standard InChI is InChI=1S/C19H19N3O3/c1-12(20-19(24)25-2)16-18(23)21-15-11-7-6-10-14(15)17(22-16)13-8-4-3-5-9-13/h3-11,17,22H,1-2H3,(H,20,24)(H,21,23)/b16-12-. The number of anilines is 1. The predicted octanol–water partition coefficient (Wildman–Crippen LogP) is 2.91. The number of hydrogen-bond donors (Lipinski definition) is 3. The van der Waals surface area contributed by atoms with Gasteiger partial charge in [-0.3, -0.25) is 10.1 Å². The highest BCUT2D eigenvalue weighted by atomic mass is 16.5. The van der Waals surface area contributed by atoms with Crippen molar-refractivity contribution in [1.29, 1.82) is 0 Å². The highest BCUT2D eigenvalue weighted by molar-refractivity contribution is 6.05. The van der Waals surface area contributed by atoms with Crippen LogP contribution in [0.1, 0.15) is 24.1 Å². The van der Waals surface area contributed by atoms with E-state index in [4.69, 9.17) is 0 Å². The van der Waals surface area contributed by atoms with E-state index in [9.17, 15) is 9.59 Å². The number of benzene rings is 2. The maximum absolute atomic E-state index is 12.6. The molecular formula is C19H19N3O3. The molecule has 0 bridgehead atoms. The Bertz CT molecular complexity index is 831. The van der Waals surface area contributed by atoms with Crippen LogP contribution in [-0.4, -0.2) is 19.1 Å². The molecule has 1 aliphatic heterocycles. The fraction of sp³-hybridized carbons (Fsp3) is 0.158. The van der Waals surface area contributed by atoms with Crippen LogP contribution in [0.15, 0.2) is 66.0 Å². The Labute approximate surface area is 145 Å². The van der Waals surface area contributed by atoms with Crippen LogP contribution in [0.2, 0.25) is 0 Å². The summed E-state index contributed by atoms with van der Waals surface area (Å²) in [5.41, 5.74) is 3.36. The van der Waals surface area contributed by atoms with Crippen molar-refractivity contribution in [3.8, 4) is 0 Å². The molecule has 0 saturated heterocycles. The molecule has 0 aromatic heterocycles. The van der Waals surface area contributed by atoms with E-state index < -0.39 is 6.09 Å². The van der Waals surface area contributed by atoms with Crippen LogP contribution in [0.5, 0.6) is 0 Å². The van der Waals surface area contributed by atoms with E-state index in [1.165, 1.54) is 7.11 Å². The van der Waals surface area contributed by atoms with Crippen LogP contribution in [-0.2, 0) is 9.53 Å². The van der Waals surface area contributed by atoms with E-state index in [0.717, 1.165) is 16.8 Å². The molecule has 0 fully saturated rings. The Morgan fingerprint density at radius 2 is 1.76 bits per heavy atom. The minimum absolute atomic E-state index is 0.235. The number of hydrogen-bond acceptors (Lipinski definition) is 4. The minimum Gasteiger partial charge on any atom is -0.453 e. The first-order chi connectivity index (χ1) is 12.1. The third kappa shape index (κ3) is 3.47. The average Bonchev–Trinajstić information content (AvgIpc) is 2.78. The lowest BCUT2D eigenvalue weighted by atomic mass is 9.97. The molecule has 1 aliphatic rings. The molecule has 2 amide bonds. The summed E-state index contributed by atoms with van der Waals surface area (Å²) in [5, 5.41) is 8.71. The molecule has 3 rings (SSSR count). The van der Waals surface area contributed by atoms with Gasteiger partial charge in [-0.1, -0.05) is 48.5 Å². The zero-order valence-electron chi connectivity index (χ0n) is 14.0. The van der Waals surface area contributed by atoms with Gasteiger partial charge in [0, 0.05) is 16.9 Å². The van der Waals surface area contributed by atoms with Crippen molar-refractivity contribution in [2.75, 3.05) is 12.4 Å². The van der Waals surface area contributed by atoms with Gasteiger partial charge in [-0.05, 0) is 18.6 Å². The maximum atomic E-state index is 12.6. The van der Waals surface area contributed by atoms with Gasteiger partial charge in [-0.25, -0.2) is 4.79 Å². The molecule has 0 radical (unpaired) electrons. The Hall–Kier alpha value is -3.28. The van der Waals surface area contributed by atoms with Crippen molar-refractivity contribution in [3.05, 3.63) is 77.1 Å². The first-order valence-corrected chi connectivity index (χ1v) is 7.87. The second-order valence-corrected chi connectivity index (χ2v) is 5.65. The van der Waals surface area contributed by atoms with Gasteiger partial charge >= 0.3 is 6.09 Å². The van der Waals surface area contributed by atoms with E-state index in [1.54, 1.807) is 6.92 Å². The van der Waals surface area contributed by atoms with Crippen LogP contribution in [0.3, 0.4) is 0 Å². The predicted molar refractivity (Wildman–Crippen MR) is 94.7 cm³/mol. The smallest absolute Gasteiger partial charge is 0.411 e. The van der Waals surface area contributed by atoms with E-state index in [0.29, 0.717) is 5.70 Å². The average molecular weight is 337 g/mol. The number of carbonyl (C=O) groups is 2. The summed E-state index contributed by atoms with van der Waals surface area (Å²) >= 11 is 0. The molecule has 2 aromatic carbocycles. The number of amides is 2. The molecule has 25 heavy (non-hydrogen) atoms. The number of rotatable bonds is 2. The molecule has 1 atom stereocenters. The van der Waals surface area contributed by atoms with E-state index in [1.807, 2.05) is 54.6 Å². The highest BCUT2D eigenvalue weighted by Crippen LogP contribution is 2.32. The van der Waals surface area contributed by atoms with Gasteiger partial charge in [0.05, 0.1) is 13.2 Å². The van der Waals surface area contributed by atoms with Gasteiger partial charge in [0.25, 0.3) is 5.91 Å². The minimum atomic E-state index is -0.627. The first kappa shape index (κ1) is 16.6. The molecule has 3 N–H and O–H groups in total. The second kappa shape index (κ2) is 7.09. The molecule has 1 heterocycles. The van der Waals surface area contributed by atoms with Crippen molar-refractivity contribution in [1.82, 2.24) is 10.6 Å². The second-order valence-electron chi connectivity index (χ2n) is 5.65. The quantitative estimate of drug-likeness (QED) is 0.736. The first-order valence-electron chi connectivity index (χ1n) is 7.87. The molecule has 6 heteroatoms. The Morgan fingerprint density at radius 3 is 2.48 bits per heavy atom. The van der Waals surface area contributed by atoms with Gasteiger partial charge in [0.2, 0.25) is 0 Å². The number of nitrogens with one attached hydrogen (secondary N) is 3. The van der Waals surface area contributed by atoms with Crippen molar-refractivity contribution in [2.45, 2.75) is 13.0 Å². The van der Waals surface area contributed by atoms with Crippen LogP contribution in [0.4, 0.5) is 10.5 Å². The molecule has 1 unspecified atom stereocenters. The number of fused-ring (bicyclic) bond motifs is 1. The van der Waals surface area contributed by atoms with Crippen LogP contribution in [0, 0.1) is 0 Å². The van der Waals surface area contributed by atoms with Crippen molar-refractivity contribution >= 4 is 17.7 Å². The monoisotopic (exact) mass is 337 g/mol. The van der Waals surface area contributed by atoms with Gasteiger partial charge in [0.1, 0.15) is 5.70 Å². The lowest BCUT2D eigenvalue weighted by Gasteiger charge is -2.21. The molecular weight excluding hydrogens is 318 g/mol. The number of carbonyl (C=O) groups excluding carboxylic acids is 2. The van der Waals surface area contributed by atoms with Crippen LogP contribution in [0.25, 0.3) is 0 Å². The summed E-state index contributed by atoms with van der Waals surface area (Å²) in [5.74, 6) is -0.320. The third-order valence-electron chi connectivity index (χ3n) is 4.02. The summed E-state index contributed by atoms with van der Waals surface area (Å²) in [6.45, 7) is 1.65.